The summed E-state index contributed by atoms with van der Waals surface area (Å²) in [4.78, 5) is 26.2. The van der Waals surface area contributed by atoms with Gasteiger partial charge in [0, 0.05) is 30.3 Å². The van der Waals surface area contributed by atoms with Gasteiger partial charge in [0.1, 0.15) is 0 Å². The van der Waals surface area contributed by atoms with Crippen LogP contribution in [0.15, 0.2) is 83.8 Å². The van der Waals surface area contributed by atoms with E-state index in [-0.39, 0.29) is 22.6 Å². The van der Waals surface area contributed by atoms with Crippen molar-refractivity contribution in [1.82, 2.24) is 9.62 Å². The Balaban J connectivity index is 1.42. The van der Waals surface area contributed by atoms with Gasteiger partial charge in [0.05, 0.1) is 10.5 Å². The topological polar surface area (TPSA) is 83.6 Å². The number of benzene rings is 3. The van der Waals surface area contributed by atoms with E-state index in [1.54, 1.807) is 72.8 Å². The summed E-state index contributed by atoms with van der Waals surface area (Å²) in [5.74, 6) is -0.532. The molecule has 1 saturated heterocycles. The zero-order chi connectivity index (χ0) is 23.4. The van der Waals surface area contributed by atoms with E-state index in [4.69, 9.17) is 0 Å². The van der Waals surface area contributed by atoms with Crippen molar-refractivity contribution < 1.29 is 18.0 Å². The van der Waals surface area contributed by atoms with Crippen LogP contribution in [-0.2, 0) is 10.0 Å². The molecule has 0 saturated carbocycles. The molecule has 0 aliphatic carbocycles. The smallest absolute Gasteiger partial charge is 0.252 e. The lowest BCUT2D eigenvalue weighted by molar-refractivity contribution is 0.0914. The van der Waals surface area contributed by atoms with E-state index >= 15 is 0 Å². The van der Waals surface area contributed by atoms with Gasteiger partial charge in [-0.1, -0.05) is 66.2 Å². The molecule has 3 aromatic rings. The number of carbonyl (C=O) groups excluding carboxylic acids is 2. The summed E-state index contributed by atoms with van der Waals surface area (Å²) in [5.41, 5.74) is 2.19. The predicted molar refractivity (Wildman–Crippen MR) is 127 cm³/mol. The molecule has 6 nitrogen and oxygen atoms in total. The Morgan fingerprint density at radius 2 is 1.39 bits per heavy atom. The summed E-state index contributed by atoms with van der Waals surface area (Å²) in [7, 11) is -3.56. The van der Waals surface area contributed by atoms with Crippen LogP contribution in [0, 0.1) is 6.92 Å². The van der Waals surface area contributed by atoms with Gasteiger partial charge in [-0.05, 0) is 38.0 Å². The second-order valence-electron chi connectivity index (χ2n) is 8.21. The van der Waals surface area contributed by atoms with Crippen molar-refractivity contribution in [3.05, 3.63) is 101 Å². The Labute approximate surface area is 194 Å². The van der Waals surface area contributed by atoms with Gasteiger partial charge in [0.2, 0.25) is 10.0 Å². The van der Waals surface area contributed by atoms with Crippen molar-refractivity contribution in [2.24, 2.45) is 0 Å². The van der Waals surface area contributed by atoms with Gasteiger partial charge in [-0.15, -0.1) is 0 Å². The zero-order valence-electron chi connectivity index (χ0n) is 18.4. The highest BCUT2D eigenvalue weighted by Crippen LogP contribution is 2.22. The molecule has 1 aliphatic rings. The van der Waals surface area contributed by atoms with Gasteiger partial charge in [-0.3, -0.25) is 9.59 Å². The van der Waals surface area contributed by atoms with E-state index in [2.05, 4.69) is 5.32 Å². The summed E-state index contributed by atoms with van der Waals surface area (Å²) in [5, 5.41) is 2.99. The predicted octanol–water partition coefficient (Wildman–Crippen LogP) is 3.81. The fraction of sp³-hybridized carbons (Fsp3) is 0.231. The molecule has 4 rings (SSSR count). The van der Waals surface area contributed by atoms with Crippen molar-refractivity contribution in [2.45, 2.75) is 30.7 Å². The molecule has 0 aromatic heterocycles. The molecule has 1 aliphatic heterocycles. The van der Waals surface area contributed by atoms with Crippen LogP contribution in [0.5, 0.6) is 0 Å². The summed E-state index contributed by atoms with van der Waals surface area (Å²) in [6, 6.07) is 22.3. The van der Waals surface area contributed by atoms with Gasteiger partial charge in [-0.25, -0.2) is 8.42 Å². The van der Waals surface area contributed by atoms with Crippen LogP contribution in [-0.4, -0.2) is 43.5 Å². The van der Waals surface area contributed by atoms with Crippen molar-refractivity contribution in [3.63, 3.8) is 0 Å². The molecule has 0 unspecified atom stereocenters. The number of hydrogen-bond donors (Lipinski definition) is 1. The number of rotatable bonds is 6. The lowest BCUT2D eigenvalue weighted by atomic mass is 9.97. The summed E-state index contributed by atoms with van der Waals surface area (Å²) in [6.07, 6.45) is 1.01. The van der Waals surface area contributed by atoms with Crippen LogP contribution in [0.4, 0.5) is 0 Å². The summed E-state index contributed by atoms with van der Waals surface area (Å²) >= 11 is 0. The van der Waals surface area contributed by atoms with Crippen LogP contribution in [0.3, 0.4) is 0 Å². The molecular weight excluding hydrogens is 436 g/mol. The summed E-state index contributed by atoms with van der Waals surface area (Å²) < 4.78 is 27.3. The number of sulfonamides is 1. The summed E-state index contributed by atoms with van der Waals surface area (Å²) in [6.45, 7) is 2.56. The Bertz CT molecular complexity index is 1250. The van der Waals surface area contributed by atoms with Crippen LogP contribution in [0.1, 0.15) is 44.7 Å². The molecule has 33 heavy (non-hydrogen) atoms. The highest BCUT2D eigenvalue weighted by atomic mass is 32.2. The van der Waals surface area contributed by atoms with Crippen LogP contribution in [0.25, 0.3) is 0 Å². The van der Waals surface area contributed by atoms with Crippen molar-refractivity contribution in [3.8, 4) is 0 Å². The molecule has 0 spiro atoms. The number of piperidine rings is 1. The first-order chi connectivity index (χ1) is 15.9. The number of hydrogen-bond acceptors (Lipinski definition) is 4. The van der Waals surface area contributed by atoms with Crippen molar-refractivity contribution in [2.75, 3.05) is 13.1 Å². The van der Waals surface area contributed by atoms with Crippen LogP contribution < -0.4 is 5.32 Å². The maximum atomic E-state index is 13.0. The monoisotopic (exact) mass is 462 g/mol. The quantitative estimate of drug-likeness (QED) is 0.565. The molecule has 1 fully saturated rings. The van der Waals surface area contributed by atoms with Gasteiger partial charge in [-0.2, -0.15) is 4.31 Å². The van der Waals surface area contributed by atoms with E-state index < -0.39 is 10.0 Å². The second kappa shape index (κ2) is 9.68. The average Bonchev–Trinajstić information content (AvgIpc) is 2.85. The Morgan fingerprint density at radius 3 is 2.03 bits per heavy atom. The second-order valence-corrected chi connectivity index (χ2v) is 10.1. The SMILES string of the molecule is Cc1ccc(S(=O)(=O)N2CCC(NC(=O)c3ccccc3C(=O)c3ccccc3)CC2)cc1. The fourth-order valence-corrected chi connectivity index (χ4v) is 5.46. The molecule has 3 aromatic carbocycles. The number of nitrogens with one attached hydrogen (secondary N) is 1. The number of carbonyl (C=O) groups is 2. The molecule has 0 atom stereocenters. The standard InChI is InChI=1S/C26H26N2O4S/c1-19-11-13-22(14-12-19)33(31,32)28-17-15-21(16-18-28)27-26(30)24-10-6-5-9-23(24)25(29)20-7-3-2-4-8-20/h2-14,21H,15-18H2,1H3,(H,27,30). The fourth-order valence-electron chi connectivity index (χ4n) is 3.99. The van der Waals surface area contributed by atoms with E-state index in [1.165, 1.54) is 4.31 Å². The van der Waals surface area contributed by atoms with Gasteiger partial charge < -0.3 is 5.32 Å². The maximum Gasteiger partial charge on any atom is 0.252 e. The molecule has 0 radical (unpaired) electrons. The van der Waals surface area contributed by atoms with E-state index in [1.807, 2.05) is 13.0 Å². The third-order valence-electron chi connectivity index (χ3n) is 5.90. The average molecular weight is 463 g/mol. The minimum atomic E-state index is -3.56. The number of amides is 1. The lowest BCUT2D eigenvalue weighted by Gasteiger charge is -2.31. The highest BCUT2D eigenvalue weighted by Gasteiger charge is 2.30. The first kappa shape index (κ1) is 22.9. The van der Waals surface area contributed by atoms with Crippen molar-refractivity contribution >= 4 is 21.7 Å². The molecular formula is C26H26N2O4S. The van der Waals surface area contributed by atoms with E-state index in [9.17, 15) is 18.0 Å². The van der Waals surface area contributed by atoms with Crippen LogP contribution in [0.2, 0.25) is 0 Å². The number of nitrogens with zero attached hydrogens (tertiary/aromatic N) is 1. The first-order valence-corrected chi connectivity index (χ1v) is 12.4. The lowest BCUT2D eigenvalue weighted by Crippen LogP contribution is -2.46. The molecule has 1 N–H and O–H groups in total. The first-order valence-electron chi connectivity index (χ1n) is 10.9. The normalized spacial score (nSPS) is 15.2. The molecule has 1 amide bonds. The Kier molecular flexibility index (Phi) is 6.72. The zero-order valence-corrected chi connectivity index (χ0v) is 19.2. The Hall–Kier alpha value is -3.29. The molecule has 0 bridgehead atoms. The minimum Gasteiger partial charge on any atom is -0.349 e. The number of ketones is 1. The highest BCUT2D eigenvalue weighted by molar-refractivity contribution is 7.89. The number of aryl methyl sites for hydroxylation is 1. The van der Waals surface area contributed by atoms with Gasteiger partial charge >= 0.3 is 0 Å². The van der Waals surface area contributed by atoms with Gasteiger partial charge in [0.15, 0.2) is 5.78 Å². The largest absolute Gasteiger partial charge is 0.349 e. The third-order valence-corrected chi connectivity index (χ3v) is 7.81. The van der Waals surface area contributed by atoms with Crippen LogP contribution >= 0.6 is 0 Å². The molecule has 1 heterocycles. The maximum absolute atomic E-state index is 13.0. The minimum absolute atomic E-state index is 0.165. The van der Waals surface area contributed by atoms with Gasteiger partial charge in [0.25, 0.3) is 5.91 Å². The third kappa shape index (κ3) is 5.05. The van der Waals surface area contributed by atoms with E-state index in [0.29, 0.717) is 42.6 Å². The molecule has 7 heteroatoms. The van der Waals surface area contributed by atoms with Crippen molar-refractivity contribution in [1.29, 1.82) is 0 Å². The molecule has 170 valence electrons. The van der Waals surface area contributed by atoms with E-state index in [0.717, 1.165) is 5.56 Å². The Morgan fingerprint density at radius 1 is 0.818 bits per heavy atom.